The van der Waals surface area contributed by atoms with E-state index < -0.39 is 27.8 Å². The number of carbonyl (C=O) groups excluding carboxylic acids is 2. The van der Waals surface area contributed by atoms with Crippen molar-refractivity contribution in [1.29, 1.82) is 0 Å². The van der Waals surface area contributed by atoms with Gasteiger partial charge in [0.25, 0.3) is 5.91 Å². The lowest BCUT2D eigenvalue weighted by molar-refractivity contribution is -0.142. The first-order valence-electron chi connectivity index (χ1n) is 7.79. The SMILES string of the molecule is COC(=O)[C@H](CCS(=O)(=O)c1ccccc1)NC(=O)c1ccc(O)cc1. The highest BCUT2D eigenvalue weighted by Gasteiger charge is 2.25. The van der Waals surface area contributed by atoms with Crippen LogP contribution in [-0.4, -0.2) is 44.3 Å². The standard InChI is InChI=1S/C18H19NO6S/c1-25-18(22)16(19-17(21)13-7-9-14(20)10-8-13)11-12-26(23,24)15-5-3-2-4-6-15/h2-10,16,20H,11-12H2,1H3,(H,19,21)/t16-/m0/s1. The third-order valence-electron chi connectivity index (χ3n) is 3.70. The molecule has 1 amide bonds. The van der Waals surface area contributed by atoms with Crippen molar-refractivity contribution in [3.8, 4) is 5.75 Å². The largest absolute Gasteiger partial charge is 0.508 e. The van der Waals surface area contributed by atoms with E-state index in [1.165, 1.54) is 36.4 Å². The van der Waals surface area contributed by atoms with Crippen molar-refractivity contribution in [2.24, 2.45) is 0 Å². The van der Waals surface area contributed by atoms with E-state index in [2.05, 4.69) is 10.1 Å². The molecular weight excluding hydrogens is 358 g/mol. The number of hydrogen-bond acceptors (Lipinski definition) is 6. The fraction of sp³-hybridized carbons (Fsp3) is 0.222. The molecular formula is C18H19NO6S. The maximum absolute atomic E-state index is 12.3. The lowest BCUT2D eigenvalue weighted by atomic mass is 10.1. The minimum Gasteiger partial charge on any atom is -0.508 e. The van der Waals surface area contributed by atoms with Gasteiger partial charge in [-0.1, -0.05) is 18.2 Å². The fourth-order valence-corrected chi connectivity index (χ4v) is 3.62. The van der Waals surface area contributed by atoms with Crippen LogP contribution in [0, 0.1) is 0 Å². The zero-order chi connectivity index (χ0) is 19.2. The summed E-state index contributed by atoms with van der Waals surface area (Å²) >= 11 is 0. The maximum Gasteiger partial charge on any atom is 0.328 e. The first-order chi connectivity index (χ1) is 12.3. The number of sulfone groups is 1. The Kier molecular flexibility index (Phi) is 6.35. The second-order valence-corrected chi connectivity index (χ2v) is 7.63. The van der Waals surface area contributed by atoms with Crippen LogP contribution in [0.3, 0.4) is 0 Å². The molecule has 0 radical (unpaired) electrons. The number of methoxy groups -OCH3 is 1. The Morgan fingerprint density at radius 1 is 1.08 bits per heavy atom. The summed E-state index contributed by atoms with van der Waals surface area (Å²) in [5.74, 6) is -1.63. The van der Waals surface area contributed by atoms with Crippen LogP contribution in [0.25, 0.3) is 0 Å². The summed E-state index contributed by atoms with van der Waals surface area (Å²) in [6.07, 6.45) is -0.131. The lowest BCUT2D eigenvalue weighted by Crippen LogP contribution is -2.42. The molecule has 0 aliphatic carbocycles. The van der Waals surface area contributed by atoms with Crippen LogP contribution in [0.15, 0.2) is 59.5 Å². The highest BCUT2D eigenvalue weighted by Crippen LogP contribution is 2.14. The number of nitrogens with one attached hydrogen (secondary N) is 1. The van der Waals surface area contributed by atoms with Crippen LogP contribution < -0.4 is 5.32 Å². The molecule has 0 unspecified atom stereocenters. The monoisotopic (exact) mass is 377 g/mol. The van der Waals surface area contributed by atoms with Crippen molar-refractivity contribution < 1.29 is 27.9 Å². The predicted octanol–water partition coefficient (Wildman–Crippen LogP) is 1.53. The molecule has 2 aromatic carbocycles. The lowest BCUT2D eigenvalue weighted by Gasteiger charge is -2.16. The van der Waals surface area contributed by atoms with Crippen LogP contribution in [0.2, 0.25) is 0 Å². The number of esters is 1. The minimum absolute atomic E-state index is 0.0000207. The zero-order valence-corrected chi connectivity index (χ0v) is 14.9. The van der Waals surface area contributed by atoms with Gasteiger partial charge in [0.2, 0.25) is 0 Å². The van der Waals surface area contributed by atoms with Gasteiger partial charge in [-0.05, 0) is 42.8 Å². The van der Waals surface area contributed by atoms with E-state index in [1.54, 1.807) is 18.2 Å². The van der Waals surface area contributed by atoms with Gasteiger partial charge in [-0.3, -0.25) is 4.79 Å². The quantitative estimate of drug-likeness (QED) is 0.708. The Labute approximate surface area is 151 Å². The van der Waals surface area contributed by atoms with Gasteiger partial charge in [0.15, 0.2) is 9.84 Å². The normalized spacial score (nSPS) is 12.2. The van der Waals surface area contributed by atoms with Gasteiger partial charge in [0, 0.05) is 5.56 Å². The molecule has 0 saturated carbocycles. The molecule has 0 saturated heterocycles. The molecule has 8 heteroatoms. The number of amides is 1. The topological polar surface area (TPSA) is 110 Å². The van der Waals surface area contributed by atoms with Gasteiger partial charge in [0.1, 0.15) is 11.8 Å². The first-order valence-corrected chi connectivity index (χ1v) is 9.44. The minimum atomic E-state index is -3.60. The maximum atomic E-state index is 12.3. The van der Waals surface area contributed by atoms with Crippen molar-refractivity contribution >= 4 is 21.7 Å². The first kappa shape index (κ1) is 19.5. The molecule has 0 bridgehead atoms. The molecule has 0 heterocycles. The predicted molar refractivity (Wildman–Crippen MR) is 94.5 cm³/mol. The van der Waals surface area contributed by atoms with Gasteiger partial charge in [0.05, 0.1) is 17.8 Å². The molecule has 0 aromatic heterocycles. The Hall–Kier alpha value is -2.87. The third-order valence-corrected chi connectivity index (χ3v) is 5.46. The van der Waals surface area contributed by atoms with Gasteiger partial charge in [-0.15, -0.1) is 0 Å². The van der Waals surface area contributed by atoms with E-state index in [1.807, 2.05) is 0 Å². The highest BCUT2D eigenvalue weighted by atomic mass is 32.2. The van der Waals surface area contributed by atoms with Gasteiger partial charge in [-0.25, -0.2) is 13.2 Å². The molecule has 1 atom stereocenters. The molecule has 2 rings (SSSR count). The number of ether oxygens (including phenoxy) is 1. The summed E-state index contributed by atoms with van der Waals surface area (Å²) in [7, 11) is -2.43. The van der Waals surface area contributed by atoms with Gasteiger partial charge < -0.3 is 15.2 Å². The van der Waals surface area contributed by atoms with Crippen LogP contribution in [0.4, 0.5) is 0 Å². The molecule has 7 nitrogen and oxygen atoms in total. The van der Waals surface area contributed by atoms with Crippen LogP contribution in [0.5, 0.6) is 5.75 Å². The summed E-state index contributed by atoms with van der Waals surface area (Å²) in [6.45, 7) is 0. The Morgan fingerprint density at radius 2 is 1.69 bits per heavy atom. The van der Waals surface area contributed by atoms with E-state index in [-0.39, 0.29) is 28.4 Å². The van der Waals surface area contributed by atoms with Crippen LogP contribution in [-0.2, 0) is 19.4 Å². The van der Waals surface area contributed by atoms with Gasteiger partial charge in [-0.2, -0.15) is 0 Å². The second kappa shape index (κ2) is 8.48. The molecule has 0 fully saturated rings. The number of phenols is 1. The molecule has 0 aliphatic heterocycles. The van der Waals surface area contributed by atoms with Crippen LogP contribution in [0.1, 0.15) is 16.8 Å². The fourth-order valence-electron chi connectivity index (χ4n) is 2.26. The number of aromatic hydroxyl groups is 1. The smallest absolute Gasteiger partial charge is 0.328 e. The van der Waals surface area contributed by atoms with Crippen LogP contribution >= 0.6 is 0 Å². The Bertz CT molecular complexity index is 862. The van der Waals surface area contributed by atoms with Crippen molar-refractivity contribution in [1.82, 2.24) is 5.32 Å². The summed E-state index contributed by atoms with van der Waals surface area (Å²) in [4.78, 5) is 24.3. The molecule has 0 aliphatic rings. The van der Waals surface area contributed by atoms with E-state index in [4.69, 9.17) is 0 Å². The molecule has 2 N–H and O–H groups in total. The molecule has 26 heavy (non-hydrogen) atoms. The number of phenolic OH excluding ortho intramolecular Hbond substituents is 1. The number of hydrogen-bond donors (Lipinski definition) is 2. The molecule has 0 spiro atoms. The van der Waals surface area contributed by atoms with Crippen molar-refractivity contribution in [3.05, 3.63) is 60.2 Å². The average molecular weight is 377 g/mol. The zero-order valence-electron chi connectivity index (χ0n) is 14.1. The van der Waals surface area contributed by atoms with Gasteiger partial charge >= 0.3 is 5.97 Å². The summed E-state index contributed by atoms with van der Waals surface area (Å²) in [5.41, 5.74) is 0.225. The number of carbonyl (C=O) groups is 2. The summed E-state index contributed by atoms with van der Waals surface area (Å²) in [6, 6.07) is 12.2. The Balaban J connectivity index is 2.09. The van der Waals surface area contributed by atoms with E-state index in [0.717, 1.165) is 7.11 Å². The van der Waals surface area contributed by atoms with Crippen molar-refractivity contribution in [2.75, 3.05) is 12.9 Å². The third kappa shape index (κ3) is 5.06. The molecule has 138 valence electrons. The summed E-state index contributed by atoms with van der Waals surface area (Å²) < 4.78 is 29.3. The van der Waals surface area contributed by atoms with E-state index in [9.17, 15) is 23.1 Å². The number of rotatable bonds is 7. The van der Waals surface area contributed by atoms with E-state index >= 15 is 0 Å². The highest BCUT2D eigenvalue weighted by molar-refractivity contribution is 7.91. The Morgan fingerprint density at radius 3 is 2.27 bits per heavy atom. The molecule has 2 aromatic rings. The van der Waals surface area contributed by atoms with E-state index in [0.29, 0.717) is 0 Å². The summed E-state index contributed by atoms with van der Waals surface area (Å²) in [5, 5.41) is 11.7. The number of benzene rings is 2. The average Bonchev–Trinajstić information content (AvgIpc) is 2.65. The van der Waals surface area contributed by atoms with Crippen molar-refractivity contribution in [3.63, 3.8) is 0 Å². The second-order valence-electron chi connectivity index (χ2n) is 5.52. The van der Waals surface area contributed by atoms with Crippen molar-refractivity contribution in [2.45, 2.75) is 17.4 Å².